The Morgan fingerprint density at radius 1 is 1.25 bits per heavy atom. The lowest BCUT2D eigenvalue weighted by Crippen LogP contribution is -2.41. The molecule has 1 aliphatic heterocycles. The zero-order chi connectivity index (χ0) is 14.8. The molecule has 0 aromatic heterocycles. The summed E-state index contributed by atoms with van der Waals surface area (Å²) in [6.07, 6.45) is 3.68. The summed E-state index contributed by atoms with van der Waals surface area (Å²) < 4.78 is 21.8. The van der Waals surface area contributed by atoms with Crippen molar-refractivity contribution >= 4 is 5.97 Å². The summed E-state index contributed by atoms with van der Waals surface area (Å²) >= 11 is 0. The van der Waals surface area contributed by atoms with Crippen molar-refractivity contribution < 1.29 is 28.8 Å². The van der Waals surface area contributed by atoms with Crippen molar-refractivity contribution in [2.75, 3.05) is 26.4 Å². The van der Waals surface area contributed by atoms with Crippen LogP contribution in [0.3, 0.4) is 0 Å². The molecule has 6 nitrogen and oxygen atoms in total. The molecule has 1 fully saturated rings. The van der Waals surface area contributed by atoms with Crippen LogP contribution in [0.25, 0.3) is 0 Å². The first-order chi connectivity index (χ1) is 9.65. The summed E-state index contributed by atoms with van der Waals surface area (Å²) in [6.45, 7) is 8.06. The van der Waals surface area contributed by atoms with Crippen LogP contribution in [0.1, 0.15) is 12.8 Å². The Labute approximate surface area is 119 Å². The largest absolute Gasteiger partial charge is 0.480 e. The normalized spacial score (nSPS) is 26.1. The van der Waals surface area contributed by atoms with Gasteiger partial charge in [0.25, 0.3) is 0 Å². The molecule has 0 amide bonds. The first-order valence-electron chi connectivity index (χ1n) is 6.55. The maximum Gasteiger partial charge on any atom is 0.329 e. The minimum Gasteiger partial charge on any atom is -0.480 e. The van der Waals surface area contributed by atoms with Crippen molar-refractivity contribution in [1.29, 1.82) is 0 Å². The highest BCUT2D eigenvalue weighted by molar-refractivity contribution is 5.68. The zero-order valence-electron chi connectivity index (χ0n) is 11.5. The van der Waals surface area contributed by atoms with E-state index >= 15 is 0 Å². The SMILES string of the molecule is C=CCOCC1CC(OCC=C)CC(OCC(=O)O)O1. The summed E-state index contributed by atoms with van der Waals surface area (Å²) in [5.74, 6) is -1.03. The number of aliphatic carboxylic acids is 1. The Hall–Kier alpha value is -1.21. The van der Waals surface area contributed by atoms with E-state index in [-0.39, 0.29) is 18.8 Å². The number of hydrogen-bond donors (Lipinski definition) is 1. The van der Waals surface area contributed by atoms with E-state index in [0.29, 0.717) is 32.7 Å². The van der Waals surface area contributed by atoms with Crippen molar-refractivity contribution in [3.8, 4) is 0 Å². The summed E-state index contributed by atoms with van der Waals surface area (Å²) in [6, 6.07) is 0. The molecule has 3 atom stereocenters. The number of carboxylic acid groups (broad SMARTS) is 1. The van der Waals surface area contributed by atoms with Crippen LogP contribution in [-0.2, 0) is 23.7 Å². The van der Waals surface area contributed by atoms with Crippen LogP contribution in [-0.4, -0.2) is 56.0 Å². The molecule has 0 aliphatic carbocycles. The molecular formula is C14H22O6. The molecule has 0 spiro atoms. The van der Waals surface area contributed by atoms with Crippen LogP contribution >= 0.6 is 0 Å². The number of carbonyl (C=O) groups is 1. The van der Waals surface area contributed by atoms with Crippen molar-refractivity contribution in [2.45, 2.75) is 31.3 Å². The number of carboxylic acids is 1. The maximum absolute atomic E-state index is 10.5. The van der Waals surface area contributed by atoms with E-state index < -0.39 is 12.3 Å². The molecule has 3 unspecified atom stereocenters. The summed E-state index contributed by atoms with van der Waals surface area (Å²) in [7, 11) is 0. The molecule has 1 heterocycles. The molecule has 20 heavy (non-hydrogen) atoms. The Kier molecular flexibility index (Phi) is 8.13. The van der Waals surface area contributed by atoms with Gasteiger partial charge in [-0.15, -0.1) is 13.2 Å². The predicted octanol–water partition coefficient (Wildman–Crippen LogP) is 1.37. The smallest absolute Gasteiger partial charge is 0.329 e. The molecule has 0 aromatic carbocycles. The van der Waals surface area contributed by atoms with Gasteiger partial charge >= 0.3 is 5.97 Å². The number of rotatable bonds is 10. The van der Waals surface area contributed by atoms with Gasteiger partial charge in [0.15, 0.2) is 6.29 Å². The lowest BCUT2D eigenvalue weighted by Gasteiger charge is -2.34. The fourth-order valence-electron chi connectivity index (χ4n) is 1.93. The lowest BCUT2D eigenvalue weighted by molar-refractivity contribution is -0.230. The minimum atomic E-state index is -1.03. The van der Waals surface area contributed by atoms with E-state index in [2.05, 4.69) is 13.2 Å². The van der Waals surface area contributed by atoms with Gasteiger partial charge in [0, 0.05) is 12.8 Å². The highest BCUT2D eigenvalue weighted by Crippen LogP contribution is 2.23. The third-order valence-electron chi connectivity index (χ3n) is 2.71. The topological polar surface area (TPSA) is 74.2 Å². The molecule has 6 heteroatoms. The Bertz CT molecular complexity index is 317. The summed E-state index contributed by atoms with van der Waals surface area (Å²) in [4.78, 5) is 10.5. The number of hydrogen-bond acceptors (Lipinski definition) is 5. The third kappa shape index (κ3) is 6.81. The molecule has 0 saturated carbocycles. The number of ether oxygens (including phenoxy) is 4. The van der Waals surface area contributed by atoms with Gasteiger partial charge in [-0.05, 0) is 0 Å². The molecule has 1 N–H and O–H groups in total. The van der Waals surface area contributed by atoms with Crippen LogP contribution in [0.4, 0.5) is 0 Å². The highest BCUT2D eigenvalue weighted by atomic mass is 16.7. The minimum absolute atomic E-state index is 0.0575. The fourth-order valence-corrected chi connectivity index (χ4v) is 1.93. The predicted molar refractivity (Wildman–Crippen MR) is 72.4 cm³/mol. The van der Waals surface area contributed by atoms with E-state index in [1.165, 1.54) is 0 Å². The lowest BCUT2D eigenvalue weighted by atomic mass is 10.1. The standard InChI is InChI=1S/C14H22O6/c1-3-5-17-9-12-7-11(18-6-4-2)8-14(20-12)19-10-13(15)16/h3-4,11-12,14H,1-2,5-10H2,(H,15,16). The van der Waals surface area contributed by atoms with Gasteiger partial charge in [0.05, 0.1) is 32.0 Å². The van der Waals surface area contributed by atoms with Gasteiger partial charge in [-0.3, -0.25) is 0 Å². The summed E-state index contributed by atoms with van der Waals surface area (Å²) in [5.41, 5.74) is 0. The first kappa shape index (κ1) is 16.8. The molecule has 0 aromatic rings. The molecule has 0 bridgehead atoms. The molecule has 114 valence electrons. The van der Waals surface area contributed by atoms with Crippen LogP contribution in [0.2, 0.25) is 0 Å². The average molecular weight is 286 g/mol. The maximum atomic E-state index is 10.5. The Balaban J connectivity index is 2.45. The van der Waals surface area contributed by atoms with Gasteiger partial charge in [0.1, 0.15) is 6.61 Å². The van der Waals surface area contributed by atoms with Gasteiger partial charge in [-0.2, -0.15) is 0 Å². The zero-order valence-corrected chi connectivity index (χ0v) is 11.5. The van der Waals surface area contributed by atoms with Crippen LogP contribution < -0.4 is 0 Å². The van der Waals surface area contributed by atoms with Crippen molar-refractivity contribution in [3.63, 3.8) is 0 Å². The second-order valence-corrected chi connectivity index (χ2v) is 4.43. The Morgan fingerprint density at radius 2 is 2.00 bits per heavy atom. The second-order valence-electron chi connectivity index (χ2n) is 4.43. The van der Waals surface area contributed by atoms with E-state index in [0.717, 1.165) is 0 Å². The van der Waals surface area contributed by atoms with Gasteiger partial charge in [-0.25, -0.2) is 4.79 Å². The molecule has 1 aliphatic rings. The molecule has 1 saturated heterocycles. The monoisotopic (exact) mass is 286 g/mol. The van der Waals surface area contributed by atoms with E-state index in [1.807, 2.05) is 0 Å². The highest BCUT2D eigenvalue weighted by Gasteiger charge is 2.31. The average Bonchev–Trinajstić information content (AvgIpc) is 2.43. The third-order valence-corrected chi connectivity index (χ3v) is 2.71. The first-order valence-corrected chi connectivity index (χ1v) is 6.55. The van der Waals surface area contributed by atoms with E-state index in [1.54, 1.807) is 12.2 Å². The molecule has 0 radical (unpaired) electrons. The second kappa shape index (κ2) is 9.66. The van der Waals surface area contributed by atoms with E-state index in [9.17, 15) is 4.79 Å². The van der Waals surface area contributed by atoms with Crippen molar-refractivity contribution in [2.24, 2.45) is 0 Å². The van der Waals surface area contributed by atoms with Crippen molar-refractivity contribution in [3.05, 3.63) is 25.3 Å². The van der Waals surface area contributed by atoms with E-state index in [4.69, 9.17) is 24.1 Å². The van der Waals surface area contributed by atoms with Gasteiger partial charge in [0.2, 0.25) is 0 Å². The Morgan fingerprint density at radius 3 is 2.65 bits per heavy atom. The van der Waals surface area contributed by atoms with Crippen LogP contribution in [0.15, 0.2) is 25.3 Å². The van der Waals surface area contributed by atoms with Crippen LogP contribution in [0.5, 0.6) is 0 Å². The van der Waals surface area contributed by atoms with Gasteiger partial charge in [-0.1, -0.05) is 12.2 Å². The molecule has 1 rings (SSSR count). The fraction of sp³-hybridized carbons (Fsp3) is 0.643. The summed E-state index contributed by atoms with van der Waals surface area (Å²) in [5, 5.41) is 8.63. The molecular weight excluding hydrogens is 264 g/mol. The quantitative estimate of drug-likeness (QED) is 0.483. The van der Waals surface area contributed by atoms with Crippen molar-refractivity contribution in [1.82, 2.24) is 0 Å². The van der Waals surface area contributed by atoms with Crippen LogP contribution in [0, 0.1) is 0 Å². The van der Waals surface area contributed by atoms with Gasteiger partial charge < -0.3 is 24.1 Å².